The number of allylic oxidation sites excluding steroid dienone is 3. The zero-order valence-corrected chi connectivity index (χ0v) is 13.0. The summed E-state index contributed by atoms with van der Waals surface area (Å²) in [5.41, 5.74) is 0.737. The number of benzene rings is 1. The van der Waals surface area contributed by atoms with Crippen LogP contribution in [0.25, 0.3) is 5.57 Å². The molecule has 23 heavy (non-hydrogen) atoms. The fourth-order valence-electron chi connectivity index (χ4n) is 2.21. The fourth-order valence-corrected chi connectivity index (χ4v) is 2.21. The van der Waals surface area contributed by atoms with E-state index in [1.165, 1.54) is 31.2 Å². The molecule has 0 aliphatic carbocycles. The maximum atomic E-state index is 12.4. The average Bonchev–Trinajstić information content (AvgIpc) is 2.51. The highest BCUT2D eigenvalue weighted by molar-refractivity contribution is 5.91. The van der Waals surface area contributed by atoms with Gasteiger partial charge in [-0.2, -0.15) is 0 Å². The summed E-state index contributed by atoms with van der Waals surface area (Å²) in [6.45, 7) is 5.65. The topological polar surface area (TPSA) is 35.5 Å². The van der Waals surface area contributed by atoms with Gasteiger partial charge in [-0.05, 0) is 36.8 Å². The molecule has 1 heterocycles. The number of halogens is 3. The molecule has 1 aromatic carbocycles. The van der Waals surface area contributed by atoms with E-state index >= 15 is 0 Å². The maximum absolute atomic E-state index is 12.4. The van der Waals surface area contributed by atoms with Gasteiger partial charge in [0.15, 0.2) is 5.78 Å². The summed E-state index contributed by atoms with van der Waals surface area (Å²) in [5, 5.41) is 0. The molecule has 0 saturated heterocycles. The SMILES string of the molecule is CC(=O)C=CC1=CC(C)(C)COc2ccc(OC(F)(F)F)cc21. The molecule has 0 atom stereocenters. The Bertz CT molecular complexity index is 670. The lowest BCUT2D eigenvalue weighted by Gasteiger charge is -2.18. The Kier molecular flexibility index (Phi) is 4.54. The third-order valence-corrected chi connectivity index (χ3v) is 3.14. The molecule has 0 radical (unpaired) electrons. The van der Waals surface area contributed by atoms with Gasteiger partial charge in [0.2, 0.25) is 0 Å². The van der Waals surface area contributed by atoms with Crippen LogP contribution in [0.2, 0.25) is 0 Å². The molecule has 0 bridgehead atoms. The van der Waals surface area contributed by atoms with Gasteiger partial charge < -0.3 is 9.47 Å². The Morgan fingerprint density at radius 3 is 2.65 bits per heavy atom. The van der Waals surface area contributed by atoms with Crippen LogP contribution in [0, 0.1) is 5.41 Å². The first kappa shape index (κ1) is 17.1. The fraction of sp³-hybridized carbons (Fsp3) is 0.353. The number of ketones is 1. The lowest BCUT2D eigenvalue weighted by Crippen LogP contribution is -2.17. The number of alkyl halides is 3. The van der Waals surface area contributed by atoms with Crippen molar-refractivity contribution in [3.8, 4) is 11.5 Å². The molecule has 1 aliphatic heterocycles. The van der Waals surface area contributed by atoms with Gasteiger partial charge in [0.1, 0.15) is 11.5 Å². The van der Waals surface area contributed by atoms with E-state index in [2.05, 4.69) is 4.74 Å². The molecular formula is C17H17F3O3. The molecule has 0 N–H and O–H groups in total. The van der Waals surface area contributed by atoms with Crippen molar-refractivity contribution >= 4 is 11.4 Å². The second-order valence-electron chi connectivity index (χ2n) is 6.03. The van der Waals surface area contributed by atoms with Crippen LogP contribution in [0.15, 0.2) is 36.4 Å². The lowest BCUT2D eigenvalue weighted by atomic mass is 9.90. The van der Waals surface area contributed by atoms with Gasteiger partial charge in [0.05, 0.1) is 6.61 Å². The van der Waals surface area contributed by atoms with Gasteiger partial charge in [-0.3, -0.25) is 4.79 Å². The Balaban J connectivity index is 2.50. The smallest absolute Gasteiger partial charge is 0.492 e. The number of carbonyl (C=O) groups excluding carboxylic acids is 1. The summed E-state index contributed by atoms with van der Waals surface area (Å²) < 4.78 is 46.8. The van der Waals surface area contributed by atoms with Gasteiger partial charge in [-0.1, -0.05) is 26.0 Å². The number of ether oxygens (including phenoxy) is 2. The van der Waals surface area contributed by atoms with Gasteiger partial charge in [-0.15, -0.1) is 13.2 Å². The van der Waals surface area contributed by atoms with E-state index in [1.807, 2.05) is 19.9 Å². The zero-order chi connectivity index (χ0) is 17.3. The Labute approximate surface area is 132 Å². The quantitative estimate of drug-likeness (QED) is 0.766. The van der Waals surface area contributed by atoms with E-state index in [0.717, 1.165) is 0 Å². The van der Waals surface area contributed by atoms with Crippen LogP contribution in [0.5, 0.6) is 11.5 Å². The van der Waals surface area contributed by atoms with Gasteiger partial charge in [0.25, 0.3) is 0 Å². The van der Waals surface area contributed by atoms with E-state index in [1.54, 1.807) is 6.08 Å². The predicted octanol–water partition coefficient (Wildman–Crippen LogP) is 4.53. The van der Waals surface area contributed by atoms with Crippen molar-refractivity contribution in [1.82, 2.24) is 0 Å². The Hall–Kier alpha value is -2.24. The first-order valence-corrected chi connectivity index (χ1v) is 7.00. The normalized spacial score (nSPS) is 17.0. The number of fused-ring (bicyclic) bond motifs is 1. The maximum Gasteiger partial charge on any atom is 0.573 e. The lowest BCUT2D eigenvalue weighted by molar-refractivity contribution is -0.274. The Morgan fingerprint density at radius 2 is 2.04 bits per heavy atom. The van der Waals surface area contributed by atoms with Gasteiger partial charge >= 0.3 is 6.36 Å². The third kappa shape index (κ3) is 4.87. The van der Waals surface area contributed by atoms with Crippen molar-refractivity contribution in [3.63, 3.8) is 0 Å². The average molecular weight is 326 g/mol. The predicted molar refractivity (Wildman–Crippen MR) is 80.2 cm³/mol. The van der Waals surface area contributed by atoms with Crippen molar-refractivity contribution in [2.24, 2.45) is 5.41 Å². The summed E-state index contributed by atoms with van der Waals surface area (Å²) >= 11 is 0. The molecule has 0 amide bonds. The standard InChI is InChI=1S/C17H17F3O3/c1-11(21)4-5-12-9-16(2,3)10-22-15-7-6-13(8-14(12)15)23-17(18,19)20/h4-9H,10H2,1-3H3. The van der Waals surface area contributed by atoms with Crippen molar-refractivity contribution in [2.45, 2.75) is 27.1 Å². The summed E-state index contributed by atoms with van der Waals surface area (Å²) in [7, 11) is 0. The molecule has 3 nitrogen and oxygen atoms in total. The molecule has 1 aromatic rings. The second-order valence-corrected chi connectivity index (χ2v) is 6.03. The minimum atomic E-state index is -4.77. The van der Waals surface area contributed by atoms with Crippen molar-refractivity contribution in [1.29, 1.82) is 0 Å². The monoisotopic (exact) mass is 326 g/mol. The molecule has 2 rings (SSSR count). The minimum absolute atomic E-state index is 0.155. The van der Waals surface area contributed by atoms with Crippen LogP contribution in [0.1, 0.15) is 26.3 Å². The summed E-state index contributed by atoms with van der Waals surface area (Å²) in [4.78, 5) is 11.2. The van der Waals surface area contributed by atoms with Crippen LogP contribution >= 0.6 is 0 Å². The van der Waals surface area contributed by atoms with Crippen LogP contribution in [-0.4, -0.2) is 18.8 Å². The first-order chi connectivity index (χ1) is 10.6. The van der Waals surface area contributed by atoms with E-state index in [-0.39, 0.29) is 16.9 Å². The second kappa shape index (κ2) is 6.10. The van der Waals surface area contributed by atoms with E-state index in [4.69, 9.17) is 4.74 Å². The number of hydrogen-bond acceptors (Lipinski definition) is 3. The summed E-state index contributed by atoms with van der Waals surface area (Å²) in [6.07, 6.45) is 0.0527. The number of carbonyl (C=O) groups is 1. The van der Waals surface area contributed by atoms with Crippen molar-refractivity contribution in [2.75, 3.05) is 6.61 Å². The van der Waals surface area contributed by atoms with E-state index < -0.39 is 6.36 Å². The molecule has 0 saturated carbocycles. The summed E-state index contributed by atoms with van der Waals surface area (Å²) in [5.74, 6) is -0.0376. The highest BCUT2D eigenvalue weighted by Gasteiger charge is 2.32. The van der Waals surface area contributed by atoms with Crippen LogP contribution in [-0.2, 0) is 4.79 Å². The molecule has 6 heteroatoms. The highest BCUT2D eigenvalue weighted by Crippen LogP contribution is 2.38. The van der Waals surface area contributed by atoms with E-state index in [9.17, 15) is 18.0 Å². The minimum Gasteiger partial charge on any atom is -0.492 e. The van der Waals surface area contributed by atoms with Gasteiger partial charge in [-0.25, -0.2) is 0 Å². The highest BCUT2D eigenvalue weighted by atomic mass is 19.4. The van der Waals surface area contributed by atoms with Crippen LogP contribution in [0.3, 0.4) is 0 Å². The Morgan fingerprint density at radius 1 is 1.35 bits per heavy atom. The van der Waals surface area contributed by atoms with Crippen molar-refractivity contribution in [3.05, 3.63) is 42.0 Å². The van der Waals surface area contributed by atoms with E-state index in [0.29, 0.717) is 23.5 Å². The van der Waals surface area contributed by atoms with Crippen LogP contribution in [0.4, 0.5) is 13.2 Å². The molecule has 0 unspecified atom stereocenters. The molecule has 124 valence electrons. The molecule has 0 spiro atoms. The summed E-state index contributed by atoms with van der Waals surface area (Å²) in [6, 6.07) is 3.91. The molecule has 0 aromatic heterocycles. The number of rotatable bonds is 3. The van der Waals surface area contributed by atoms with Crippen LogP contribution < -0.4 is 9.47 Å². The molecular weight excluding hydrogens is 309 g/mol. The number of hydrogen-bond donors (Lipinski definition) is 0. The largest absolute Gasteiger partial charge is 0.573 e. The first-order valence-electron chi connectivity index (χ1n) is 7.00. The zero-order valence-electron chi connectivity index (χ0n) is 13.0. The molecule has 1 aliphatic rings. The van der Waals surface area contributed by atoms with Crippen molar-refractivity contribution < 1.29 is 27.4 Å². The van der Waals surface area contributed by atoms with Gasteiger partial charge in [0, 0.05) is 11.0 Å². The third-order valence-electron chi connectivity index (χ3n) is 3.14. The molecule has 0 fully saturated rings.